The van der Waals surface area contributed by atoms with Crippen molar-refractivity contribution in [2.24, 2.45) is 0 Å². The molecular formula is C40H41ClZr. The molecule has 0 N–H and O–H groups in total. The molecule has 0 bridgehead atoms. The molecule has 0 spiro atoms. The molecule has 0 fully saturated rings. The van der Waals surface area contributed by atoms with Crippen molar-refractivity contribution >= 4 is 36.4 Å². The number of allylic oxidation sites excluding steroid dienone is 4. The van der Waals surface area contributed by atoms with Crippen LogP contribution in [0.5, 0.6) is 0 Å². The molecule has 5 aromatic carbocycles. The van der Waals surface area contributed by atoms with E-state index in [4.69, 9.17) is 11.6 Å². The number of benzene rings is 4. The summed E-state index contributed by atoms with van der Waals surface area (Å²) in [6.07, 6.45) is 10.0. The van der Waals surface area contributed by atoms with E-state index in [1.165, 1.54) is 76.8 Å². The molecular weight excluding hydrogens is 607 g/mol. The molecule has 42 heavy (non-hydrogen) atoms. The molecule has 5 aromatic rings. The maximum atomic E-state index is 6.00. The molecule has 1 aliphatic rings. The Bertz CT molecular complexity index is 1650. The van der Waals surface area contributed by atoms with Crippen LogP contribution in [0, 0.1) is 13.0 Å². The molecule has 0 saturated carbocycles. The predicted molar refractivity (Wildman–Crippen MR) is 182 cm³/mol. The molecule has 2 heteroatoms. The molecule has 0 atom stereocenters. The van der Waals surface area contributed by atoms with Gasteiger partial charge in [0, 0.05) is 0 Å². The first-order chi connectivity index (χ1) is 19.8. The van der Waals surface area contributed by atoms with Crippen LogP contribution in [0.15, 0.2) is 109 Å². The Morgan fingerprint density at radius 1 is 0.738 bits per heavy atom. The molecule has 0 aliphatic heterocycles. The molecule has 0 unspecified atom stereocenters. The third-order valence-electron chi connectivity index (χ3n) is 7.48. The van der Waals surface area contributed by atoms with Crippen molar-refractivity contribution in [3.05, 3.63) is 148 Å². The summed E-state index contributed by atoms with van der Waals surface area (Å²) in [6.45, 7) is 15.8. The number of aryl methyl sites for hydroxylation is 1. The van der Waals surface area contributed by atoms with E-state index < -0.39 is 0 Å². The van der Waals surface area contributed by atoms with Gasteiger partial charge >= 0.3 is 116 Å². The maximum Gasteiger partial charge on any atom is -0.109 e. The molecule has 0 saturated heterocycles. The van der Waals surface area contributed by atoms with Crippen molar-refractivity contribution in [1.82, 2.24) is 0 Å². The maximum absolute atomic E-state index is 6.00. The van der Waals surface area contributed by atoms with E-state index in [2.05, 4.69) is 133 Å². The molecule has 1 aliphatic carbocycles. The minimum atomic E-state index is 0.194. The number of rotatable bonds is 2. The fourth-order valence-electron chi connectivity index (χ4n) is 4.80. The summed E-state index contributed by atoms with van der Waals surface area (Å²) in [7, 11) is 0. The number of hydrogen-bond acceptors (Lipinski definition) is 0. The fourth-order valence-corrected chi connectivity index (χ4v) is 5.78. The summed E-state index contributed by atoms with van der Waals surface area (Å²) in [4.78, 5) is 0. The van der Waals surface area contributed by atoms with Crippen LogP contribution in [-0.2, 0) is 35.1 Å². The van der Waals surface area contributed by atoms with Crippen LogP contribution in [0.25, 0.3) is 21.5 Å². The minimum Gasteiger partial charge on any atom is -0.273 e. The number of fused-ring (bicyclic) bond motifs is 3. The van der Waals surface area contributed by atoms with Gasteiger partial charge in [-0.15, -0.1) is 46.2 Å². The topological polar surface area (TPSA) is 0 Å². The van der Waals surface area contributed by atoms with Gasteiger partial charge in [-0.05, 0) is 10.8 Å². The second-order valence-electron chi connectivity index (χ2n) is 13.0. The van der Waals surface area contributed by atoms with E-state index in [0.29, 0.717) is 0 Å². The van der Waals surface area contributed by atoms with Gasteiger partial charge in [-0.2, -0.15) is 6.08 Å². The van der Waals surface area contributed by atoms with E-state index in [1.807, 2.05) is 30.4 Å². The van der Waals surface area contributed by atoms with Crippen LogP contribution in [0.2, 0.25) is 5.02 Å². The molecule has 212 valence electrons. The molecule has 0 aromatic heterocycles. The minimum absolute atomic E-state index is 0.194. The fraction of sp³-hybridized carbons (Fsp3) is 0.250. The van der Waals surface area contributed by atoms with Crippen molar-refractivity contribution in [2.45, 2.75) is 65.7 Å². The van der Waals surface area contributed by atoms with E-state index in [1.54, 1.807) is 0 Å². The van der Waals surface area contributed by atoms with E-state index >= 15 is 0 Å². The average Bonchev–Trinajstić information content (AvgIpc) is 3.64. The van der Waals surface area contributed by atoms with Gasteiger partial charge in [-0.25, -0.2) is 12.2 Å². The van der Waals surface area contributed by atoms with Crippen LogP contribution in [-0.4, -0.2) is 3.21 Å². The van der Waals surface area contributed by atoms with Crippen LogP contribution >= 0.6 is 11.6 Å². The molecule has 0 radical (unpaired) electrons. The van der Waals surface area contributed by atoms with Gasteiger partial charge in [-0.1, -0.05) is 76.9 Å². The van der Waals surface area contributed by atoms with Crippen molar-refractivity contribution < 1.29 is 24.2 Å². The Kier molecular flexibility index (Phi) is 10.5. The Hall–Kier alpha value is -2.73. The monoisotopic (exact) mass is 646 g/mol. The summed E-state index contributed by atoms with van der Waals surface area (Å²) < 4.78 is 1.34. The predicted octanol–water partition coefficient (Wildman–Crippen LogP) is 11.4. The molecule has 6 rings (SSSR count). The van der Waals surface area contributed by atoms with Gasteiger partial charge in [0.15, 0.2) is 0 Å². The first-order valence-corrected chi connectivity index (χ1v) is 16.2. The SMILES string of the molecule is CC(C)(C)c1ccc2[cH-]c3ccc(C(C)(C)C)cc3c2c1.Cc1ccc([C](=[Zr+2])c2cccc(Cl)c2)cc1.[C-]1=CC=CC1. The standard InChI is InChI=1S/C21H25.C14H11Cl.C5H5.Zr/c1-20(2,3)16-9-7-14-11-15-8-10-17(21(4,5)6)13-19(15)18(14)12-16;1-11-5-7-12(8-6-11)9-13-3-2-4-14(15)10-13;1-2-4-5-3-1;/h7-13H,1-6H3;2-8,10H,1H3;1-3H,4H2;/q-1;;-1;+2. The zero-order valence-electron chi connectivity index (χ0n) is 26.0. The van der Waals surface area contributed by atoms with Crippen molar-refractivity contribution in [3.8, 4) is 0 Å². The zero-order valence-corrected chi connectivity index (χ0v) is 29.2. The van der Waals surface area contributed by atoms with Gasteiger partial charge in [0.1, 0.15) is 0 Å². The number of hydrogen-bond donors (Lipinski definition) is 0. The van der Waals surface area contributed by atoms with Gasteiger partial charge in [0.25, 0.3) is 0 Å². The van der Waals surface area contributed by atoms with Crippen molar-refractivity contribution in [2.75, 3.05) is 0 Å². The van der Waals surface area contributed by atoms with E-state index in [-0.39, 0.29) is 10.8 Å². The summed E-state index contributed by atoms with van der Waals surface area (Å²) in [5, 5.41) is 6.28. The Balaban J connectivity index is 0.000000170. The summed E-state index contributed by atoms with van der Waals surface area (Å²) in [5.74, 6) is 0. The van der Waals surface area contributed by atoms with Crippen LogP contribution in [0.1, 0.15) is 75.8 Å². The number of halogens is 1. The first kappa shape index (κ1) is 32.2. The third-order valence-corrected chi connectivity index (χ3v) is 9.13. The van der Waals surface area contributed by atoms with Gasteiger partial charge in [0.2, 0.25) is 0 Å². The van der Waals surface area contributed by atoms with Gasteiger partial charge < -0.3 is 0 Å². The molecule has 0 amide bonds. The van der Waals surface area contributed by atoms with Crippen LogP contribution in [0.3, 0.4) is 0 Å². The van der Waals surface area contributed by atoms with Gasteiger partial charge in [-0.3, -0.25) is 6.08 Å². The van der Waals surface area contributed by atoms with Crippen LogP contribution in [0.4, 0.5) is 0 Å². The van der Waals surface area contributed by atoms with Crippen molar-refractivity contribution in [3.63, 3.8) is 0 Å². The zero-order chi connectivity index (χ0) is 30.5. The smallest absolute Gasteiger partial charge is 0.109 e. The Morgan fingerprint density at radius 2 is 1.31 bits per heavy atom. The average molecular weight is 648 g/mol. The quantitative estimate of drug-likeness (QED) is 0.167. The molecule has 0 nitrogen and oxygen atoms in total. The summed E-state index contributed by atoms with van der Waals surface area (Å²) in [5.41, 5.74) is 6.99. The normalized spacial score (nSPS) is 12.6. The Labute approximate surface area is 272 Å². The largest absolute Gasteiger partial charge is 0.273 e. The van der Waals surface area contributed by atoms with Crippen LogP contribution < -0.4 is 0 Å². The van der Waals surface area contributed by atoms with E-state index in [9.17, 15) is 0 Å². The second-order valence-corrected chi connectivity index (χ2v) is 14.7. The Morgan fingerprint density at radius 3 is 1.74 bits per heavy atom. The molecule has 0 heterocycles. The second kappa shape index (κ2) is 13.7. The first-order valence-electron chi connectivity index (χ1n) is 14.6. The summed E-state index contributed by atoms with van der Waals surface area (Å²) in [6, 6.07) is 32.8. The third kappa shape index (κ3) is 8.43. The van der Waals surface area contributed by atoms with Crippen molar-refractivity contribution in [1.29, 1.82) is 0 Å². The van der Waals surface area contributed by atoms with Gasteiger partial charge in [0.05, 0.1) is 0 Å². The summed E-state index contributed by atoms with van der Waals surface area (Å²) >= 11 is 7.40. The van der Waals surface area contributed by atoms with E-state index in [0.717, 1.165) is 11.4 Å².